The van der Waals surface area contributed by atoms with Crippen molar-refractivity contribution in [3.63, 3.8) is 0 Å². The van der Waals surface area contributed by atoms with Crippen molar-refractivity contribution in [3.05, 3.63) is 65.5 Å². The van der Waals surface area contributed by atoms with E-state index in [-0.39, 0.29) is 23.2 Å². The number of likely N-dealkylation sites (N-methyl/N-ethyl adjacent to an activating group) is 1. The van der Waals surface area contributed by atoms with Crippen molar-refractivity contribution in [2.75, 3.05) is 39.8 Å². The Bertz CT molecular complexity index is 1030. The van der Waals surface area contributed by atoms with Crippen LogP contribution in [0.4, 0.5) is 4.39 Å². The van der Waals surface area contributed by atoms with Gasteiger partial charge in [-0.15, -0.1) is 0 Å². The molecule has 0 saturated carbocycles. The highest BCUT2D eigenvalue weighted by Crippen LogP contribution is 2.36. The molecule has 2 aliphatic rings. The van der Waals surface area contributed by atoms with E-state index in [0.717, 1.165) is 50.8 Å². The Morgan fingerprint density at radius 2 is 1.80 bits per heavy atom. The number of carbonyl (C=O) groups is 2. The van der Waals surface area contributed by atoms with Crippen molar-refractivity contribution in [1.82, 2.24) is 14.7 Å². The molecule has 4 rings (SSSR count). The van der Waals surface area contributed by atoms with Crippen LogP contribution >= 0.6 is 0 Å². The number of carbonyl (C=O) groups excluding carboxylic acids is 2. The van der Waals surface area contributed by atoms with E-state index >= 15 is 0 Å². The summed E-state index contributed by atoms with van der Waals surface area (Å²) in [4.78, 5) is 31.7. The predicted octanol–water partition coefficient (Wildman–Crippen LogP) is 4.34. The van der Waals surface area contributed by atoms with Gasteiger partial charge in [0.05, 0.1) is 6.54 Å². The number of likely N-dealkylation sites (tertiary alicyclic amines) is 1. The molecule has 1 atom stereocenters. The maximum atomic E-state index is 13.5. The lowest BCUT2D eigenvalue weighted by atomic mass is 9.88. The Morgan fingerprint density at radius 1 is 1.03 bits per heavy atom. The molecule has 35 heavy (non-hydrogen) atoms. The standard InChI is InChI=1S/C28H36FN3O3/c1-22(33)31-15-4-3-13-28(14-6-16-32(28)20-23-9-11-25(29)12-10-23)21-30(2)27(34)24-7-5-8-26(19-24)35-18-17-31/h5,7-12,19H,3-4,6,13-18,20-21H2,1-2H3/t28-/m1/s1. The molecule has 188 valence electrons. The molecule has 1 spiro atoms. The third kappa shape index (κ3) is 6.20. The Morgan fingerprint density at radius 3 is 2.57 bits per heavy atom. The van der Waals surface area contributed by atoms with Crippen LogP contribution in [-0.4, -0.2) is 71.9 Å². The third-order valence-corrected chi connectivity index (χ3v) is 7.38. The zero-order valence-corrected chi connectivity index (χ0v) is 20.8. The quantitative estimate of drug-likeness (QED) is 0.640. The van der Waals surface area contributed by atoms with E-state index in [1.54, 1.807) is 13.0 Å². The van der Waals surface area contributed by atoms with Crippen molar-refractivity contribution in [1.29, 1.82) is 0 Å². The maximum absolute atomic E-state index is 13.5. The monoisotopic (exact) mass is 481 g/mol. The molecule has 2 amide bonds. The minimum Gasteiger partial charge on any atom is -0.492 e. The van der Waals surface area contributed by atoms with Gasteiger partial charge in [-0.1, -0.05) is 18.2 Å². The van der Waals surface area contributed by atoms with Gasteiger partial charge in [0, 0.05) is 44.7 Å². The smallest absolute Gasteiger partial charge is 0.253 e. The number of ether oxygens (including phenoxy) is 1. The van der Waals surface area contributed by atoms with Gasteiger partial charge in [0.1, 0.15) is 18.2 Å². The van der Waals surface area contributed by atoms with Crippen LogP contribution in [0.5, 0.6) is 5.75 Å². The average Bonchev–Trinajstić information content (AvgIpc) is 3.22. The summed E-state index contributed by atoms with van der Waals surface area (Å²) < 4.78 is 19.3. The molecule has 1 fully saturated rings. The molecule has 2 heterocycles. The molecule has 0 aromatic heterocycles. The zero-order chi connectivity index (χ0) is 24.8. The Balaban J connectivity index is 1.60. The number of amides is 2. The van der Waals surface area contributed by atoms with Crippen LogP contribution in [0.1, 0.15) is 54.9 Å². The number of halogens is 1. The van der Waals surface area contributed by atoms with E-state index in [9.17, 15) is 14.0 Å². The van der Waals surface area contributed by atoms with Crippen LogP contribution in [0.2, 0.25) is 0 Å². The largest absolute Gasteiger partial charge is 0.492 e. The van der Waals surface area contributed by atoms with Gasteiger partial charge < -0.3 is 14.5 Å². The minimum atomic E-state index is -0.231. The summed E-state index contributed by atoms with van der Waals surface area (Å²) in [5.41, 5.74) is 1.51. The van der Waals surface area contributed by atoms with Crippen molar-refractivity contribution in [3.8, 4) is 5.75 Å². The second-order valence-corrected chi connectivity index (χ2v) is 9.88. The average molecular weight is 482 g/mol. The van der Waals surface area contributed by atoms with Gasteiger partial charge >= 0.3 is 0 Å². The lowest BCUT2D eigenvalue weighted by Gasteiger charge is -2.42. The number of hydrogen-bond acceptors (Lipinski definition) is 4. The molecule has 1 saturated heterocycles. The first-order valence-corrected chi connectivity index (χ1v) is 12.6. The number of benzene rings is 2. The first kappa shape index (κ1) is 25.2. The van der Waals surface area contributed by atoms with Crippen LogP contribution in [0.3, 0.4) is 0 Å². The van der Waals surface area contributed by atoms with E-state index in [4.69, 9.17) is 4.74 Å². The van der Waals surface area contributed by atoms with Crippen molar-refractivity contribution >= 4 is 11.8 Å². The highest BCUT2D eigenvalue weighted by Gasteiger charge is 2.42. The fourth-order valence-electron chi connectivity index (χ4n) is 5.50. The summed E-state index contributed by atoms with van der Waals surface area (Å²) >= 11 is 0. The number of nitrogens with zero attached hydrogens (tertiary/aromatic N) is 3. The molecule has 2 aromatic rings. The van der Waals surface area contributed by atoms with Gasteiger partial charge in [-0.2, -0.15) is 0 Å². The zero-order valence-electron chi connectivity index (χ0n) is 20.8. The number of rotatable bonds is 2. The van der Waals surface area contributed by atoms with Crippen molar-refractivity contribution in [2.24, 2.45) is 0 Å². The fourth-order valence-corrected chi connectivity index (χ4v) is 5.50. The summed E-state index contributed by atoms with van der Waals surface area (Å²) in [5.74, 6) is 0.431. The second-order valence-electron chi connectivity index (χ2n) is 9.88. The lowest BCUT2D eigenvalue weighted by molar-refractivity contribution is -0.129. The molecule has 2 bridgehead atoms. The molecule has 2 aromatic carbocycles. The van der Waals surface area contributed by atoms with Crippen LogP contribution in [0.15, 0.2) is 48.5 Å². The normalized spacial score (nSPS) is 22.5. The van der Waals surface area contributed by atoms with Crippen molar-refractivity contribution < 1.29 is 18.7 Å². The van der Waals surface area contributed by atoms with E-state index in [1.807, 2.05) is 47.2 Å². The molecule has 2 aliphatic heterocycles. The molecular weight excluding hydrogens is 445 g/mol. The predicted molar refractivity (Wildman–Crippen MR) is 134 cm³/mol. The summed E-state index contributed by atoms with van der Waals surface area (Å²) in [6, 6.07) is 14.0. The van der Waals surface area contributed by atoms with Crippen molar-refractivity contribution in [2.45, 2.75) is 51.1 Å². The molecule has 6 nitrogen and oxygen atoms in total. The SMILES string of the molecule is CC(=O)N1CCCC[C@@]2(CCCN2Cc2ccc(F)cc2)CN(C)C(=O)c2cccc(c2)OCC1. The first-order valence-electron chi connectivity index (χ1n) is 12.6. The minimum absolute atomic E-state index is 0.0244. The van der Waals surface area contributed by atoms with Gasteiger partial charge in [-0.3, -0.25) is 14.5 Å². The highest BCUT2D eigenvalue weighted by atomic mass is 19.1. The van der Waals surface area contributed by atoms with E-state index in [2.05, 4.69) is 4.90 Å². The Labute approximate surface area is 207 Å². The van der Waals surface area contributed by atoms with Gasteiger partial charge in [0.25, 0.3) is 5.91 Å². The van der Waals surface area contributed by atoms with E-state index in [0.29, 0.717) is 37.6 Å². The third-order valence-electron chi connectivity index (χ3n) is 7.38. The molecule has 7 heteroatoms. The highest BCUT2D eigenvalue weighted by molar-refractivity contribution is 5.94. The molecule has 0 aliphatic carbocycles. The molecule has 0 radical (unpaired) electrons. The first-order chi connectivity index (χ1) is 16.9. The van der Waals surface area contributed by atoms with Crippen LogP contribution in [0.25, 0.3) is 0 Å². The van der Waals surface area contributed by atoms with Gasteiger partial charge in [-0.25, -0.2) is 4.39 Å². The number of hydrogen-bond donors (Lipinski definition) is 0. The summed E-state index contributed by atoms with van der Waals surface area (Å²) in [5, 5.41) is 0. The molecule has 0 N–H and O–H groups in total. The lowest BCUT2D eigenvalue weighted by Crippen LogP contribution is -2.52. The maximum Gasteiger partial charge on any atom is 0.253 e. The molecule has 0 unspecified atom stereocenters. The topological polar surface area (TPSA) is 53.1 Å². The van der Waals surface area contributed by atoms with Gasteiger partial charge in [-0.05, 0) is 74.5 Å². The Kier molecular flexibility index (Phi) is 8.06. The van der Waals surface area contributed by atoms with Gasteiger partial charge in [0.2, 0.25) is 5.91 Å². The number of fused-ring (bicyclic) bond motifs is 2. The fraction of sp³-hybridized carbons (Fsp3) is 0.500. The summed E-state index contributed by atoms with van der Waals surface area (Å²) in [6.45, 7) is 5.51. The molecular formula is C28H36FN3O3. The van der Waals surface area contributed by atoms with E-state index < -0.39 is 0 Å². The van der Waals surface area contributed by atoms with Crippen LogP contribution in [-0.2, 0) is 11.3 Å². The van der Waals surface area contributed by atoms with Crippen LogP contribution in [0, 0.1) is 5.82 Å². The van der Waals surface area contributed by atoms with Crippen LogP contribution < -0.4 is 4.74 Å². The second kappa shape index (κ2) is 11.2. The summed E-state index contributed by atoms with van der Waals surface area (Å²) in [6.07, 6.45) is 4.86. The van der Waals surface area contributed by atoms with E-state index in [1.165, 1.54) is 12.1 Å². The Hall–Kier alpha value is -2.93. The summed E-state index contributed by atoms with van der Waals surface area (Å²) in [7, 11) is 1.88. The van der Waals surface area contributed by atoms with Gasteiger partial charge in [0.15, 0.2) is 0 Å².